The molecule has 0 atom stereocenters. The first-order valence-corrected chi connectivity index (χ1v) is 5.94. The number of carbonyl (C=O) groups excluding carboxylic acids is 1. The maximum absolute atomic E-state index is 11.4. The number of thiophene rings is 1. The number of nitrogen functional groups attached to an aromatic ring is 1. The van der Waals surface area contributed by atoms with Crippen LogP contribution in [0.15, 0.2) is 41.8 Å². The van der Waals surface area contributed by atoms with E-state index in [1.54, 1.807) is 0 Å². The van der Waals surface area contributed by atoms with Crippen LogP contribution in [-0.2, 0) is 6.61 Å². The molecular weight excluding hydrogens is 236 g/mol. The van der Waals surface area contributed by atoms with Gasteiger partial charge in [-0.2, -0.15) is 0 Å². The van der Waals surface area contributed by atoms with Crippen LogP contribution in [0, 0.1) is 0 Å². The van der Waals surface area contributed by atoms with E-state index in [0.29, 0.717) is 11.5 Å². The van der Waals surface area contributed by atoms with Gasteiger partial charge in [-0.15, -0.1) is 11.3 Å². The Morgan fingerprint density at radius 2 is 2.06 bits per heavy atom. The largest absolute Gasteiger partial charge is 0.489 e. The lowest BCUT2D eigenvalue weighted by Gasteiger charge is -2.06. The number of hydrogen-bond acceptors (Lipinski definition) is 4. The van der Waals surface area contributed by atoms with Crippen LogP contribution in [0.25, 0.3) is 0 Å². The number of hydrazine groups is 1. The van der Waals surface area contributed by atoms with E-state index in [9.17, 15) is 4.79 Å². The highest BCUT2D eigenvalue weighted by molar-refractivity contribution is 7.12. The van der Waals surface area contributed by atoms with Crippen molar-refractivity contribution in [2.75, 3.05) is 0 Å². The Morgan fingerprint density at radius 1 is 1.29 bits per heavy atom. The third-order valence-corrected chi connectivity index (χ3v) is 3.18. The Bertz CT molecular complexity index is 496. The average Bonchev–Trinajstić information content (AvgIpc) is 2.85. The Labute approximate surface area is 103 Å². The Kier molecular flexibility index (Phi) is 3.74. The Morgan fingerprint density at radius 3 is 2.76 bits per heavy atom. The number of benzene rings is 1. The van der Waals surface area contributed by atoms with Crippen LogP contribution in [-0.4, -0.2) is 5.91 Å². The molecule has 0 bridgehead atoms. The molecule has 2 aromatic rings. The van der Waals surface area contributed by atoms with Gasteiger partial charge in [0.05, 0.1) is 4.88 Å². The van der Waals surface area contributed by atoms with Gasteiger partial charge in [-0.25, -0.2) is 5.84 Å². The lowest BCUT2D eigenvalue weighted by atomic mass is 10.2. The first kappa shape index (κ1) is 11.6. The molecule has 0 aliphatic rings. The van der Waals surface area contributed by atoms with Crippen LogP contribution in [0.1, 0.15) is 15.2 Å². The third kappa shape index (κ3) is 2.83. The predicted molar refractivity (Wildman–Crippen MR) is 66.7 cm³/mol. The monoisotopic (exact) mass is 248 g/mol. The summed E-state index contributed by atoms with van der Waals surface area (Å²) in [6.45, 7) is 0.357. The van der Waals surface area contributed by atoms with Crippen molar-refractivity contribution in [3.05, 3.63) is 52.2 Å². The number of hydrogen-bond donors (Lipinski definition) is 2. The summed E-state index contributed by atoms with van der Waals surface area (Å²) in [5.74, 6) is 5.60. The van der Waals surface area contributed by atoms with Gasteiger partial charge in [0, 0.05) is 5.56 Å². The summed E-state index contributed by atoms with van der Waals surface area (Å²) < 4.78 is 5.57. The van der Waals surface area contributed by atoms with Gasteiger partial charge in [-0.1, -0.05) is 18.2 Å². The van der Waals surface area contributed by atoms with Crippen LogP contribution < -0.4 is 16.0 Å². The van der Waals surface area contributed by atoms with E-state index in [-0.39, 0.29) is 5.91 Å². The van der Waals surface area contributed by atoms with E-state index < -0.39 is 0 Å². The molecule has 3 N–H and O–H groups in total. The number of rotatable bonds is 4. The molecular formula is C12H12N2O2S. The van der Waals surface area contributed by atoms with Crippen molar-refractivity contribution >= 4 is 17.2 Å². The molecule has 0 unspecified atom stereocenters. The molecule has 4 nitrogen and oxygen atoms in total. The number of carbonyl (C=O) groups is 1. The van der Waals surface area contributed by atoms with Gasteiger partial charge in [0.2, 0.25) is 0 Å². The fraction of sp³-hybridized carbons (Fsp3) is 0.0833. The molecule has 1 aromatic heterocycles. The maximum Gasteiger partial charge on any atom is 0.275 e. The minimum atomic E-state index is -0.285. The van der Waals surface area contributed by atoms with Crippen molar-refractivity contribution in [2.45, 2.75) is 6.61 Å². The van der Waals surface area contributed by atoms with Gasteiger partial charge >= 0.3 is 0 Å². The quantitative estimate of drug-likeness (QED) is 0.493. The number of nitrogens with two attached hydrogens (primary N) is 1. The highest BCUT2D eigenvalue weighted by Crippen LogP contribution is 2.19. The Hall–Kier alpha value is -1.85. The van der Waals surface area contributed by atoms with Gasteiger partial charge in [0.1, 0.15) is 12.4 Å². The van der Waals surface area contributed by atoms with Crippen molar-refractivity contribution < 1.29 is 9.53 Å². The normalized spacial score (nSPS) is 9.94. The van der Waals surface area contributed by atoms with Crippen molar-refractivity contribution in [3.8, 4) is 5.75 Å². The van der Waals surface area contributed by atoms with Crippen molar-refractivity contribution in [1.29, 1.82) is 0 Å². The van der Waals surface area contributed by atoms with Crippen LogP contribution in [0.2, 0.25) is 0 Å². The molecule has 1 aromatic carbocycles. The zero-order valence-corrected chi connectivity index (χ0v) is 9.87. The minimum absolute atomic E-state index is 0.285. The highest BCUT2D eigenvalue weighted by Gasteiger charge is 2.12. The molecule has 0 saturated heterocycles. The van der Waals surface area contributed by atoms with Crippen molar-refractivity contribution in [1.82, 2.24) is 5.43 Å². The molecule has 0 fully saturated rings. The predicted octanol–water partition coefficient (Wildman–Crippen LogP) is 1.93. The summed E-state index contributed by atoms with van der Waals surface area (Å²) in [6, 6.07) is 11.3. The minimum Gasteiger partial charge on any atom is -0.489 e. The molecule has 17 heavy (non-hydrogen) atoms. The van der Waals surface area contributed by atoms with E-state index in [1.807, 2.05) is 41.8 Å². The molecule has 0 saturated carbocycles. The number of ether oxygens (including phenoxy) is 1. The second-order valence-corrected chi connectivity index (χ2v) is 4.27. The molecule has 1 heterocycles. The third-order valence-electron chi connectivity index (χ3n) is 2.22. The van der Waals surface area contributed by atoms with E-state index in [4.69, 9.17) is 10.6 Å². The summed E-state index contributed by atoms with van der Waals surface area (Å²) in [6.07, 6.45) is 0. The second-order valence-electron chi connectivity index (χ2n) is 3.35. The summed E-state index contributed by atoms with van der Waals surface area (Å²) in [4.78, 5) is 12.0. The summed E-state index contributed by atoms with van der Waals surface area (Å²) in [5, 5.41) is 1.84. The average molecular weight is 248 g/mol. The van der Waals surface area contributed by atoms with Gasteiger partial charge in [0.15, 0.2) is 0 Å². The molecule has 0 radical (unpaired) electrons. The van der Waals surface area contributed by atoms with E-state index in [0.717, 1.165) is 11.3 Å². The lowest BCUT2D eigenvalue weighted by Crippen LogP contribution is -2.30. The number of para-hydroxylation sites is 1. The molecule has 5 heteroatoms. The van der Waals surface area contributed by atoms with Crippen molar-refractivity contribution in [3.63, 3.8) is 0 Å². The first-order valence-electron chi connectivity index (χ1n) is 5.06. The van der Waals surface area contributed by atoms with E-state index >= 15 is 0 Å². The lowest BCUT2D eigenvalue weighted by molar-refractivity contribution is 0.0955. The second kappa shape index (κ2) is 5.47. The topological polar surface area (TPSA) is 64.3 Å². The van der Waals surface area contributed by atoms with Crippen LogP contribution in [0.5, 0.6) is 5.75 Å². The molecule has 2 rings (SSSR count). The van der Waals surface area contributed by atoms with Crippen LogP contribution >= 0.6 is 11.3 Å². The molecule has 88 valence electrons. The van der Waals surface area contributed by atoms with Gasteiger partial charge in [0.25, 0.3) is 5.91 Å². The van der Waals surface area contributed by atoms with Gasteiger partial charge in [-0.3, -0.25) is 10.2 Å². The van der Waals surface area contributed by atoms with Gasteiger partial charge in [-0.05, 0) is 23.6 Å². The fourth-order valence-electron chi connectivity index (χ4n) is 1.39. The van der Waals surface area contributed by atoms with E-state index in [2.05, 4.69) is 5.43 Å². The van der Waals surface area contributed by atoms with E-state index in [1.165, 1.54) is 11.3 Å². The first-order chi connectivity index (χ1) is 8.31. The summed E-state index contributed by atoms with van der Waals surface area (Å²) in [5.41, 5.74) is 2.96. The molecule has 0 aliphatic heterocycles. The van der Waals surface area contributed by atoms with Crippen molar-refractivity contribution in [2.24, 2.45) is 5.84 Å². The standard InChI is InChI=1S/C12H12N2O2S/c13-14-12(15)11-9(6-7-17-11)8-16-10-4-2-1-3-5-10/h1-7H,8,13H2,(H,14,15). The smallest absolute Gasteiger partial charge is 0.275 e. The maximum atomic E-state index is 11.4. The molecule has 1 amide bonds. The summed E-state index contributed by atoms with van der Waals surface area (Å²) >= 11 is 1.35. The highest BCUT2D eigenvalue weighted by atomic mass is 32.1. The zero-order valence-electron chi connectivity index (χ0n) is 9.05. The zero-order chi connectivity index (χ0) is 12.1. The SMILES string of the molecule is NNC(=O)c1sccc1COc1ccccc1. The summed E-state index contributed by atoms with van der Waals surface area (Å²) in [7, 11) is 0. The Balaban J connectivity index is 2.05. The van der Waals surface area contributed by atoms with Gasteiger partial charge < -0.3 is 4.74 Å². The number of amides is 1. The van der Waals surface area contributed by atoms with Crippen LogP contribution in [0.4, 0.5) is 0 Å². The molecule has 0 aliphatic carbocycles. The fourth-order valence-corrected chi connectivity index (χ4v) is 2.20. The number of nitrogens with one attached hydrogen (secondary N) is 1. The van der Waals surface area contributed by atoms with Crippen LogP contribution in [0.3, 0.4) is 0 Å². The molecule has 0 spiro atoms.